The summed E-state index contributed by atoms with van der Waals surface area (Å²) >= 11 is 3.66. The molecule has 0 amide bonds. The minimum Gasteiger partial charge on any atom is -0.460 e. The fourth-order valence-electron chi connectivity index (χ4n) is 5.18. The van der Waals surface area contributed by atoms with Crippen molar-refractivity contribution in [2.24, 2.45) is 5.92 Å². The molecule has 0 radical (unpaired) electrons. The number of fused-ring (bicyclic) bond motifs is 6. The SMILES string of the molecule is Cc1oc2c(ccc3sc4ccnc(-c5cc(C(C)(C)C)c6sccc6c5)c4c32)c1CC(C)C. The third-order valence-corrected chi connectivity index (χ3v) is 8.84. The third-order valence-electron chi connectivity index (χ3n) is 6.75. The molecule has 0 bridgehead atoms. The smallest absolute Gasteiger partial charge is 0.143 e. The lowest BCUT2D eigenvalue weighted by molar-refractivity contribution is 0.562. The third kappa shape index (κ3) is 3.30. The Kier molecular flexibility index (Phi) is 4.91. The first-order valence-corrected chi connectivity index (χ1v) is 13.7. The Labute approximate surface area is 208 Å². The van der Waals surface area contributed by atoms with Gasteiger partial charge in [0.1, 0.15) is 11.3 Å². The van der Waals surface area contributed by atoms with Gasteiger partial charge in [0.15, 0.2) is 0 Å². The maximum Gasteiger partial charge on any atom is 0.143 e. The number of furan rings is 1. The quantitative estimate of drug-likeness (QED) is 0.250. The van der Waals surface area contributed by atoms with Crippen molar-refractivity contribution in [3.05, 3.63) is 64.9 Å². The summed E-state index contributed by atoms with van der Waals surface area (Å²) < 4.78 is 10.4. The largest absolute Gasteiger partial charge is 0.460 e. The van der Waals surface area contributed by atoms with Crippen LogP contribution < -0.4 is 0 Å². The Balaban J connectivity index is 1.71. The highest BCUT2D eigenvalue weighted by Crippen LogP contribution is 2.45. The molecule has 6 rings (SSSR count). The number of nitrogens with zero attached hydrogens (tertiary/aromatic N) is 1. The molecule has 0 aliphatic carbocycles. The van der Waals surface area contributed by atoms with Crippen LogP contribution in [0.4, 0.5) is 0 Å². The lowest BCUT2D eigenvalue weighted by atomic mass is 9.84. The molecular formula is C30H29NOS2. The predicted octanol–water partition coefficient (Wildman–Crippen LogP) is 9.88. The van der Waals surface area contributed by atoms with Gasteiger partial charge >= 0.3 is 0 Å². The first-order valence-electron chi connectivity index (χ1n) is 12.0. The van der Waals surface area contributed by atoms with Gasteiger partial charge in [0.25, 0.3) is 0 Å². The average molecular weight is 484 g/mol. The second-order valence-electron chi connectivity index (χ2n) is 10.8. The summed E-state index contributed by atoms with van der Waals surface area (Å²) in [6, 6.07) is 13.6. The lowest BCUT2D eigenvalue weighted by Gasteiger charge is -2.21. The van der Waals surface area contributed by atoms with Gasteiger partial charge in [0.2, 0.25) is 0 Å². The highest BCUT2D eigenvalue weighted by molar-refractivity contribution is 7.26. The van der Waals surface area contributed by atoms with Crippen molar-refractivity contribution in [2.45, 2.75) is 53.4 Å². The Morgan fingerprint density at radius 3 is 2.56 bits per heavy atom. The van der Waals surface area contributed by atoms with Crippen molar-refractivity contribution in [3.63, 3.8) is 0 Å². The fraction of sp³-hybridized carbons (Fsp3) is 0.300. The number of thiophene rings is 2. The lowest BCUT2D eigenvalue weighted by Crippen LogP contribution is -2.11. The highest BCUT2D eigenvalue weighted by Gasteiger charge is 2.23. The summed E-state index contributed by atoms with van der Waals surface area (Å²) in [6.45, 7) is 13.5. The normalized spacial score (nSPS) is 12.8. The van der Waals surface area contributed by atoms with Crippen LogP contribution in [0.2, 0.25) is 0 Å². The van der Waals surface area contributed by atoms with Crippen LogP contribution in [0.1, 0.15) is 51.5 Å². The molecule has 0 aliphatic rings. The van der Waals surface area contributed by atoms with E-state index in [0.717, 1.165) is 23.5 Å². The Hall–Kier alpha value is -2.69. The number of pyridine rings is 1. The summed E-state index contributed by atoms with van der Waals surface area (Å²) in [5, 5.41) is 7.16. The molecule has 172 valence electrons. The van der Waals surface area contributed by atoms with E-state index >= 15 is 0 Å². The Morgan fingerprint density at radius 2 is 1.79 bits per heavy atom. The maximum absolute atomic E-state index is 6.49. The molecular weight excluding hydrogens is 454 g/mol. The second kappa shape index (κ2) is 7.66. The van der Waals surface area contributed by atoms with Gasteiger partial charge < -0.3 is 4.42 Å². The Bertz CT molecular complexity index is 1710. The molecule has 2 nitrogen and oxygen atoms in total. The van der Waals surface area contributed by atoms with Gasteiger partial charge in [-0.25, -0.2) is 0 Å². The molecule has 0 N–H and O–H groups in total. The van der Waals surface area contributed by atoms with Gasteiger partial charge in [0.05, 0.1) is 5.69 Å². The summed E-state index contributed by atoms with van der Waals surface area (Å²) in [7, 11) is 0. The standard InChI is InChI=1S/C30H29NOS2/c1-16(2)13-21-17(3)32-28-20(21)7-8-23-26(28)25-24(34-23)9-11-31-27(25)19-14-18-10-12-33-29(18)22(15-19)30(4,5)6/h7-12,14-16H,13H2,1-6H3. The van der Waals surface area contributed by atoms with Crippen LogP contribution in [0, 0.1) is 12.8 Å². The van der Waals surface area contributed by atoms with E-state index in [2.05, 4.69) is 83.3 Å². The van der Waals surface area contributed by atoms with Gasteiger partial charge in [-0.3, -0.25) is 4.98 Å². The van der Waals surface area contributed by atoms with E-state index in [-0.39, 0.29) is 5.41 Å². The van der Waals surface area contributed by atoms with Crippen LogP contribution in [-0.2, 0) is 11.8 Å². The van der Waals surface area contributed by atoms with Gasteiger partial charge in [-0.05, 0) is 77.4 Å². The zero-order valence-corrected chi connectivity index (χ0v) is 22.2. The molecule has 4 heterocycles. The molecule has 34 heavy (non-hydrogen) atoms. The first-order chi connectivity index (χ1) is 16.2. The van der Waals surface area contributed by atoms with Crippen LogP contribution in [-0.4, -0.2) is 4.98 Å². The monoisotopic (exact) mass is 483 g/mol. The first kappa shape index (κ1) is 21.8. The van der Waals surface area contributed by atoms with Crippen molar-refractivity contribution in [2.75, 3.05) is 0 Å². The zero-order chi connectivity index (χ0) is 23.8. The van der Waals surface area contributed by atoms with Gasteiger partial charge in [-0.15, -0.1) is 22.7 Å². The molecule has 0 atom stereocenters. The molecule has 4 heteroatoms. The molecule has 0 aliphatic heterocycles. The predicted molar refractivity (Wildman–Crippen MR) is 150 cm³/mol. The molecule has 0 fully saturated rings. The van der Waals surface area contributed by atoms with Crippen molar-refractivity contribution >= 4 is 63.9 Å². The van der Waals surface area contributed by atoms with E-state index in [9.17, 15) is 0 Å². The molecule has 4 aromatic heterocycles. The van der Waals surface area contributed by atoms with Gasteiger partial charge in [0, 0.05) is 47.6 Å². The van der Waals surface area contributed by atoms with E-state index in [4.69, 9.17) is 9.40 Å². The molecule has 0 saturated carbocycles. The number of aryl methyl sites for hydroxylation is 1. The van der Waals surface area contributed by atoms with Crippen LogP contribution in [0.25, 0.3) is 52.5 Å². The van der Waals surface area contributed by atoms with Crippen molar-refractivity contribution in [1.29, 1.82) is 0 Å². The number of hydrogen-bond donors (Lipinski definition) is 0. The van der Waals surface area contributed by atoms with Crippen molar-refractivity contribution in [3.8, 4) is 11.3 Å². The Morgan fingerprint density at radius 1 is 1.00 bits per heavy atom. The topological polar surface area (TPSA) is 26.0 Å². The minimum atomic E-state index is 0.0564. The minimum absolute atomic E-state index is 0.0564. The summed E-state index contributed by atoms with van der Waals surface area (Å²) in [6.07, 6.45) is 2.98. The van der Waals surface area contributed by atoms with Crippen LogP contribution in [0.5, 0.6) is 0 Å². The molecule has 2 aromatic carbocycles. The molecule has 6 aromatic rings. The number of hydrogen-bond acceptors (Lipinski definition) is 4. The van der Waals surface area contributed by atoms with Gasteiger partial charge in [-0.1, -0.05) is 34.6 Å². The zero-order valence-electron chi connectivity index (χ0n) is 20.6. The summed E-state index contributed by atoms with van der Waals surface area (Å²) in [5.41, 5.74) is 6.02. The van der Waals surface area contributed by atoms with E-state index in [1.807, 2.05) is 28.9 Å². The molecule has 0 saturated heterocycles. The van der Waals surface area contributed by atoms with Crippen LogP contribution in [0.15, 0.2) is 52.4 Å². The number of benzene rings is 2. The maximum atomic E-state index is 6.49. The number of aromatic nitrogens is 1. The fourth-order valence-corrected chi connectivity index (χ4v) is 7.39. The van der Waals surface area contributed by atoms with Crippen LogP contribution >= 0.6 is 22.7 Å². The number of rotatable bonds is 3. The summed E-state index contributed by atoms with van der Waals surface area (Å²) in [5.74, 6) is 1.62. The van der Waals surface area contributed by atoms with E-state index < -0.39 is 0 Å². The van der Waals surface area contributed by atoms with Crippen molar-refractivity contribution < 1.29 is 4.42 Å². The van der Waals surface area contributed by atoms with Crippen LogP contribution in [0.3, 0.4) is 0 Å². The highest BCUT2D eigenvalue weighted by atomic mass is 32.1. The van der Waals surface area contributed by atoms with E-state index in [0.29, 0.717) is 5.92 Å². The average Bonchev–Trinajstić information content (AvgIpc) is 3.47. The van der Waals surface area contributed by atoms with E-state index in [1.54, 1.807) is 0 Å². The van der Waals surface area contributed by atoms with E-state index in [1.165, 1.54) is 52.3 Å². The van der Waals surface area contributed by atoms with Gasteiger partial charge in [-0.2, -0.15) is 0 Å². The van der Waals surface area contributed by atoms with Crippen molar-refractivity contribution in [1.82, 2.24) is 4.98 Å². The second-order valence-corrected chi connectivity index (χ2v) is 12.8. The molecule has 0 unspecified atom stereocenters. The summed E-state index contributed by atoms with van der Waals surface area (Å²) in [4.78, 5) is 4.97. The molecule has 0 spiro atoms.